The van der Waals surface area contributed by atoms with E-state index in [1.54, 1.807) is 7.11 Å². The van der Waals surface area contributed by atoms with Gasteiger partial charge in [0, 0.05) is 13.0 Å². The number of carbonyl (C=O) groups excluding carboxylic acids is 1. The van der Waals surface area contributed by atoms with E-state index in [4.69, 9.17) is 9.47 Å². The van der Waals surface area contributed by atoms with Crippen LogP contribution >= 0.6 is 0 Å². The minimum Gasteiger partial charge on any atom is -0.489 e. The van der Waals surface area contributed by atoms with Crippen LogP contribution in [0.2, 0.25) is 0 Å². The molecule has 120 valence electrons. The highest BCUT2D eigenvalue weighted by Gasteiger charge is 2.57. The number of hydrogen-bond acceptors (Lipinski definition) is 4. The Balaban J connectivity index is 1.60. The average Bonchev–Trinajstić information content (AvgIpc) is 3.23. The minimum absolute atomic E-state index is 0.129. The summed E-state index contributed by atoms with van der Waals surface area (Å²) in [4.78, 5) is 12.5. The van der Waals surface area contributed by atoms with E-state index in [1.165, 1.54) is 0 Å². The highest BCUT2D eigenvalue weighted by atomic mass is 16.5. The summed E-state index contributed by atoms with van der Waals surface area (Å²) in [5.41, 5.74) is 1.00. The normalized spacial score (nSPS) is 22.3. The molecule has 2 fully saturated rings. The quantitative estimate of drug-likeness (QED) is 0.790. The molecule has 0 radical (unpaired) electrons. The van der Waals surface area contributed by atoms with Gasteiger partial charge in [0.25, 0.3) is 0 Å². The van der Waals surface area contributed by atoms with Crippen molar-refractivity contribution < 1.29 is 14.3 Å². The summed E-state index contributed by atoms with van der Waals surface area (Å²) in [6.07, 6.45) is 3.24. The Kier molecular flexibility index (Phi) is 4.64. The van der Waals surface area contributed by atoms with E-state index in [-0.39, 0.29) is 17.2 Å². The molecule has 3 rings (SSSR count). The highest BCUT2D eigenvalue weighted by Crippen LogP contribution is 2.58. The van der Waals surface area contributed by atoms with Crippen LogP contribution < -0.4 is 15.4 Å². The van der Waals surface area contributed by atoms with Gasteiger partial charge in [0.15, 0.2) is 0 Å². The van der Waals surface area contributed by atoms with Gasteiger partial charge in [-0.15, -0.1) is 0 Å². The molecular weight excluding hydrogens is 280 g/mol. The van der Waals surface area contributed by atoms with E-state index in [2.05, 4.69) is 10.6 Å². The molecule has 5 heteroatoms. The summed E-state index contributed by atoms with van der Waals surface area (Å²) in [5.74, 6) is 0.985. The number of hydrogen-bond donors (Lipinski definition) is 2. The van der Waals surface area contributed by atoms with Crippen molar-refractivity contribution in [2.24, 2.45) is 11.3 Å². The SMILES string of the molecule is COCCOc1ccccc1NC(=O)C1CC12CCNCC2. The summed E-state index contributed by atoms with van der Waals surface area (Å²) < 4.78 is 10.7. The number of amides is 1. The lowest BCUT2D eigenvalue weighted by Gasteiger charge is -2.23. The molecular formula is C17H24N2O3. The number of para-hydroxylation sites is 2. The Bertz CT molecular complexity index is 526. The van der Waals surface area contributed by atoms with Crippen molar-refractivity contribution in [2.75, 3.05) is 38.7 Å². The molecule has 1 aliphatic carbocycles. The van der Waals surface area contributed by atoms with Gasteiger partial charge in [-0.25, -0.2) is 0 Å². The van der Waals surface area contributed by atoms with Gasteiger partial charge >= 0.3 is 0 Å². The van der Waals surface area contributed by atoms with Gasteiger partial charge in [-0.05, 0) is 49.9 Å². The first-order chi connectivity index (χ1) is 10.7. The number of carbonyl (C=O) groups is 1. The second-order valence-corrected chi connectivity index (χ2v) is 6.20. The first-order valence-corrected chi connectivity index (χ1v) is 7.97. The van der Waals surface area contributed by atoms with E-state index in [1.807, 2.05) is 24.3 Å². The fraction of sp³-hybridized carbons (Fsp3) is 0.588. The Morgan fingerprint density at radius 2 is 2.09 bits per heavy atom. The van der Waals surface area contributed by atoms with Crippen LogP contribution in [0.15, 0.2) is 24.3 Å². The van der Waals surface area contributed by atoms with Crippen molar-refractivity contribution in [3.05, 3.63) is 24.3 Å². The van der Waals surface area contributed by atoms with Crippen molar-refractivity contribution >= 4 is 11.6 Å². The summed E-state index contributed by atoms with van der Waals surface area (Å²) in [6, 6.07) is 7.57. The highest BCUT2D eigenvalue weighted by molar-refractivity contribution is 5.96. The van der Waals surface area contributed by atoms with Gasteiger partial charge in [-0.2, -0.15) is 0 Å². The number of rotatable bonds is 6. The number of nitrogens with one attached hydrogen (secondary N) is 2. The summed E-state index contributed by atoms with van der Waals surface area (Å²) in [5, 5.41) is 6.41. The van der Waals surface area contributed by atoms with Crippen molar-refractivity contribution in [1.29, 1.82) is 0 Å². The molecule has 5 nitrogen and oxygen atoms in total. The first kappa shape index (κ1) is 15.3. The Labute approximate surface area is 131 Å². The number of benzene rings is 1. The van der Waals surface area contributed by atoms with E-state index < -0.39 is 0 Å². The lowest BCUT2D eigenvalue weighted by Crippen LogP contribution is -2.31. The van der Waals surface area contributed by atoms with E-state index in [9.17, 15) is 4.79 Å². The molecule has 1 amide bonds. The van der Waals surface area contributed by atoms with Crippen LogP contribution in [-0.4, -0.2) is 39.3 Å². The predicted molar refractivity (Wildman–Crippen MR) is 85.1 cm³/mol. The molecule has 1 aromatic rings. The molecule has 1 saturated heterocycles. The van der Waals surface area contributed by atoms with Gasteiger partial charge in [-0.3, -0.25) is 4.79 Å². The largest absolute Gasteiger partial charge is 0.489 e. The zero-order valence-electron chi connectivity index (χ0n) is 13.1. The maximum Gasteiger partial charge on any atom is 0.228 e. The molecule has 1 aromatic carbocycles. The van der Waals surface area contributed by atoms with Crippen molar-refractivity contribution in [3.8, 4) is 5.75 Å². The van der Waals surface area contributed by atoms with Crippen molar-refractivity contribution in [1.82, 2.24) is 5.32 Å². The van der Waals surface area contributed by atoms with Crippen LogP contribution in [0.5, 0.6) is 5.75 Å². The van der Waals surface area contributed by atoms with Gasteiger partial charge in [0.05, 0.1) is 12.3 Å². The first-order valence-electron chi connectivity index (χ1n) is 7.97. The molecule has 1 unspecified atom stereocenters. The van der Waals surface area contributed by atoms with Crippen LogP contribution in [0.25, 0.3) is 0 Å². The number of ether oxygens (including phenoxy) is 2. The smallest absolute Gasteiger partial charge is 0.228 e. The van der Waals surface area contributed by atoms with Gasteiger partial charge < -0.3 is 20.1 Å². The summed E-state index contributed by atoms with van der Waals surface area (Å²) in [6.45, 7) is 3.06. The lowest BCUT2D eigenvalue weighted by molar-refractivity contribution is -0.118. The zero-order chi connectivity index (χ0) is 15.4. The lowest BCUT2D eigenvalue weighted by atomic mass is 9.92. The van der Waals surface area contributed by atoms with Gasteiger partial charge in [0.2, 0.25) is 5.91 Å². The molecule has 2 aliphatic rings. The zero-order valence-corrected chi connectivity index (χ0v) is 13.1. The second kappa shape index (κ2) is 6.67. The average molecular weight is 304 g/mol. The molecule has 1 atom stereocenters. The molecule has 0 aromatic heterocycles. The van der Waals surface area contributed by atoms with Gasteiger partial charge in [-0.1, -0.05) is 12.1 Å². The number of anilines is 1. The molecule has 22 heavy (non-hydrogen) atoms. The number of piperidine rings is 1. The molecule has 0 bridgehead atoms. The molecule has 1 heterocycles. The second-order valence-electron chi connectivity index (χ2n) is 6.20. The Morgan fingerprint density at radius 3 is 2.86 bits per heavy atom. The third kappa shape index (κ3) is 3.25. The predicted octanol–water partition coefficient (Wildman–Crippen LogP) is 2.04. The van der Waals surface area contributed by atoms with Crippen LogP contribution in [0.1, 0.15) is 19.3 Å². The third-order valence-corrected chi connectivity index (χ3v) is 4.80. The molecule has 1 spiro atoms. The van der Waals surface area contributed by atoms with Crippen LogP contribution in [0.3, 0.4) is 0 Å². The van der Waals surface area contributed by atoms with Crippen molar-refractivity contribution in [2.45, 2.75) is 19.3 Å². The summed E-state index contributed by atoms with van der Waals surface area (Å²) >= 11 is 0. The fourth-order valence-electron chi connectivity index (χ4n) is 3.35. The maximum atomic E-state index is 12.5. The molecule has 2 N–H and O–H groups in total. The molecule has 1 saturated carbocycles. The maximum absolute atomic E-state index is 12.5. The fourth-order valence-corrected chi connectivity index (χ4v) is 3.35. The number of methoxy groups -OCH3 is 1. The van der Waals surface area contributed by atoms with Crippen molar-refractivity contribution in [3.63, 3.8) is 0 Å². The van der Waals surface area contributed by atoms with Crippen LogP contribution in [0.4, 0.5) is 5.69 Å². The van der Waals surface area contributed by atoms with Crippen LogP contribution in [0, 0.1) is 11.3 Å². The topological polar surface area (TPSA) is 59.6 Å². The summed E-state index contributed by atoms with van der Waals surface area (Å²) in [7, 11) is 1.64. The van der Waals surface area contributed by atoms with E-state index >= 15 is 0 Å². The molecule has 1 aliphatic heterocycles. The third-order valence-electron chi connectivity index (χ3n) is 4.80. The Hall–Kier alpha value is -1.59. The monoisotopic (exact) mass is 304 g/mol. The van der Waals surface area contributed by atoms with E-state index in [0.29, 0.717) is 19.0 Å². The Morgan fingerprint density at radius 1 is 1.32 bits per heavy atom. The van der Waals surface area contributed by atoms with Gasteiger partial charge in [0.1, 0.15) is 12.4 Å². The minimum atomic E-state index is 0.129. The van der Waals surface area contributed by atoms with E-state index in [0.717, 1.165) is 38.0 Å². The standard InChI is InChI=1S/C17H24N2O3/c1-21-10-11-22-15-5-3-2-4-14(15)19-16(20)13-12-17(13)6-8-18-9-7-17/h2-5,13,18H,6-12H2,1H3,(H,19,20). The van der Waals surface area contributed by atoms with Crippen LogP contribution in [-0.2, 0) is 9.53 Å².